The molecule has 1 unspecified atom stereocenters. The van der Waals surface area contributed by atoms with Crippen molar-refractivity contribution in [1.29, 1.82) is 0 Å². The maximum Gasteiger partial charge on any atom is 0.317 e. The molecular weight excluding hydrogens is 332 g/mol. The Morgan fingerprint density at radius 1 is 1.32 bits per heavy atom. The second-order valence-corrected chi connectivity index (χ2v) is 7.48. The summed E-state index contributed by atoms with van der Waals surface area (Å²) in [4.78, 5) is 15.2. The number of aryl methyl sites for hydroxylation is 2. The molecule has 6 heteroatoms. The summed E-state index contributed by atoms with van der Waals surface area (Å²) >= 11 is 1.72. The van der Waals surface area contributed by atoms with E-state index in [9.17, 15) is 4.79 Å². The fourth-order valence-electron chi connectivity index (χ4n) is 2.69. The molecule has 0 saturated carbocycles. The molecule has 1 aromatic heterocycles. The number of benzene rings is 1. The van der Waals surface area contributed by atoms with Gasteiger partial charge < -0.3 is 10.2 Å². The standard InChI is InChI=1S/C19H28N4OS/c1-14(12-23-16(3)10-15(2)21-23)11-20-19(24)22(4)13-17-6-8-18(25-5)9-7-17/h6-10,14H,11-13H2,1-5H3,(H,20,24). The Kier molecular flexibility index (Phi) is 6.93. The fraction of sp³-hybridized carbons (Fsp3) is 0.474. The largest absolute Gasteiger partial charge is 0.338 e. The van der Waals surface area contributed by atoms with Crippen LogP contribution in [-0.2, 0) is 13.1 Å². The van der Waals surface area contributed by atoms with E-state index in [1.165, 1.54) is 4.90 Å². The average molecular weight is 361 g/mol. The summed E-state index contributed by atoms with van der Waals surface area (Å²) in [5.74, 6) is 0.316. The van der Waals surface area contributed by atoms with E-state index >= 15 is 0 Å². The van der Waals surface area contributed by atoms with Gasteiger partial charge in [-0.3, -0.25) is 4.68 Å². The number of nitrogens with one attached hydrogen (secondary N) is 1. The van der Waals surface area contributed by atoms with Crippen LogP contribution in [0.4, 0.5) is 4.79 Å². The number of hydrogen-bond donors (Lipinski definition) is 1. The van der Waals surface area contributed by atoms with E-state index < -0.39 is 0 Å². The highest BCUT2D eigenvalue weighted by Crippen LogP contribution is 2.15. The van der Waals surface area contributed by atoms with Crippen molar-refractivity contribution in [2.75, 3.05) is 19.8 Å². The van der Waals surface area contributed by atoms with Gasteiger partial charge in [0, 0.05) is 37.3 Å². The molecule has 0 aliphatic rings. The summed E-state index contributed by atoms with van der Waals surface area (Å²) < 4.78 is 2.00. The van der Waals surface area contributed by atoms with E-state index in [0.717, 1.165) is 23.5 Å². The van der Waals surface area contributed by atoms with E-state index in [0.29, 0.717) is 19.0 Å². The van der Waals surface area contributed by atoms with Crippen molar-refractivity contribution in [1.82, 2.24) is 20.0 Å². The zero-order valence-corrected chi connectivity index (χ0v) is 16.6. The Bertz CT molecular complexity index is 696. The van der Waals surface area contributed by atoms with Crippen molar-refractivity contribution in [3.63, 3.8) is 0 Å². The Hall–Kier alpha value is -1.95. The maximum atomic E-state index is 12.3. The number of amides is 2. The normalized spacial score (nSPS) is 12.0. The van der Waals surface area contributed by atoms with Crippen LogP contribution in [0.3, 0.4) is 0 Å². The van der Waals surface area contributed by atoms with Crippen LogP contribution < -0.4 is 5.32 Å². The molecular formula is C19H28N4OS. The van der Waals surface area contributed by atoms with E-state index in [-0.39, 0.29) is 6.03 Å². The van der Waals surface area contributed by atoms with Gasteiger partial charge >= 0.3 is 6.03 Å². The van der Waals surface area contributed by atoms with Crippen LogP contribution in [0.2, 0.25) is 0 Å². The van der Waals surface area contributed by atoms with Crippen LogP contribution in [0.5, 0.6) is 0 Å². The van der Waals surface area contributed by atoms with Crippen molar-refractivity contribution < 1.29 is 4.79 Å². The number of carbonyl (C=O) groups is 1. The fourth-order valence-corrected chi connectivity index (χ4v) is 3.10. The first-order valence-electron chi connectivity index (χ1n) is 8.52. The molecule has 0 fully saturated rings. The van der Waals surface area contributed by atoms with Gasteiger partial charge in [-0.25, -0.2) is 4.79 Å². The summed E-state index contributed by atoms with van der Waals surface area (Å²) in [6.45, 7) is 8.22. The van der Waals surface area contributed by atoms with E-state index in [1.807, 2.05) is 18.7 Å². The molecule has 0 aliphatic heterocycles. The van der Waals surface area contributed by atoms with Crippen LogP contribution in [0, 0.1) is 19.8 Å². The lowest BCUT2D eigenvalue weighted by Gasteiger charge is -2.20. The number of aromatic nitrogens is 2. The summed E-state index contributed by atoms with van der Waals surface area (Å²) in [6.07, 6.45) is 2.06. The second kappa shape index (κ2) is 8.94. The van der Waals surface area contributed by atoms with Crippen LogP contribution >= 0.6 is 11.8 Å². The topological polar surface area (TPSA) is 50.2 Å². The second-order valence-electron chi connectivity index (χ2n) is 6.60. The monoisotopic (exact) mass is 360 g/mol. The Morgan fingerprint density at radius 3 is 2.56 bits per heavy atom. The van der Waals surface area contributed by atoms with Gasteiger partial charge in [0.1, 0.15) is 0 Å². The third kappa shape index (κ3) is 5.81. The molecule has 0 spiro atoms. The van der Waals surface area contributed by atoms with Crippen molar-refractivity contribution >= 4 is 17.8 Å². The van der Waals surface area contributed by atoms with Gasteiger partial charge in [-0.1, -0.05) is 19.1 Å². The minimum Gasteiger partial charge on any atom is -0.338 e. The van der Waals surface area contributed by atoms with Crippen LogP contribution in [0.15, 0.2) is 35.2 Å². The number of hydrogen-bond acceptors (Lipinski definition) is 3. The zero-order chi connectivity index (χ0) is 18.4. The van der Waals surface area contributed by atoms with Crippen LogP contribution in [0.1, 0.15) is 23.9 Å². The minimum absolute atomic E-state index is 0.0471. The highest BCUT2D eigenvalue weighted by molar-refractivity contribution is 7.98. The number of urea groups is 1. The van der Waals surface area contributed by atoms with E-state index in [1.54, 1.807) is 16.7 Å². The third-order valence-electron chi connectivity index (χ3n) is 4.12. The van der Waals surface area contributed by atoms with Gasteiger partial charge in [0.05, 0.1) is 5.69 Å². The van der Waals surface area contributed by atoms with Gasteiger partial charge in [-0.05, 0) is 49.8 Å². The Morgan fingerprint density at radius 2 is 2.00 bits per heavy atom. The summed E-state index contributed by atoms with van der Waals surface area (Å²) in [5.41, 5.74) is 3.31. The molecule has 2 amide bonds. The molecule has 2 aromatic rings. The minimum atomic E-state index is -0.0471. The highest BCUT2D eigenvalue weighted by atomic mass is 32.2. The molecule has 1 N–H and O–H groups in total. The molecule has 0 saturated heterocycles. The molecule has 0 aliphatic carbocycles. The molecule has 1 atom stereocenters. The van der Waals surface area contributed by atoms with Crippen molar-refractivity contribution in [2.45, 2.75) is 38.8 Å². The molecule has 25 heavy (non-hydrogen) atoms. The highest BCUT2D eigenvalue weighted by Gasteiger charge is 2.12. The number of nitrogens with zero attached hydrogens (tertiary/aromatic N) is 3. The van der Waals surface area contributed by atoms with Gasteiger partial charge in [0.15, 0.2) is 0 Å². The zero-order valence-electron chi connectivity index (χ0n) is 15.7. The van der Waals surface area contributed by atoms with Crippen molar-refractivity contribution in [2.24, 2.45) is 5.92 Å². The van der Waals surface area contributed by atoms with Gasteiger partial charge in [-0.2, -0.15) is 5.10 Å². The van der Waals surface area contributed by atoms with Crippen LogP contribution in [0.25, 0.3) is 0 Å². The van der Waals surface area contributed by atoms with E-state index in [4.69, 9.17) is 0 Å². The third-order valence-corrected chi connectivity index (χ3v) is 4.86. The molecule has 1 heterocycles. The van der Waals surface area contributed by atoms with Crippen molar-refractivity contribution in [3.8, 4) is 0 Å². The predicted molar refractivity (Wildman–Crippen MR) is 104 cm³/mol. The Labute approximate surface area is 154 Å². The summed E-state index contributed by atoms with van der Waals surface area (Å²) in [6, 6.07) is 10.3. The first-order chi connectivity index (χ1) is 11.9. The lowest BCUT2D eigenvalue weighted by atomic mass is 10.2. The Balaban J connectivity index is 1.79. The molecule has 0 bridgehead atoms. The number of rotatable bonds is 7. The number of thioether (sulfide) groups is 1. The quantitative estimate of drug-likeness (QED) is 0.766. The molecule has 5 nitrogen and oxygen atoms in total. The lowest BCUT2D eigenvalue weighted by molar-refractivity contribution is 0.204. The SMILES string of the molecule is CSc1ccc(CN(C)C(=O)NCC(C)Cn2nc(C)cc2C)cc1. The first-order valence-corrected chi connectivity index (χ1v) is 9.74. The van der Waals surface area contributed by atoms with Gasteiger partial charge in [-0.15, -0.1) is 11.8 Å². The molecule has 2 rings (SSSR count). The molecule has 136 valence electrons. The predicted octanol–water partition coefficient (Wildman–Crippen LogP) is 3.70. The molecule has 1 aromatic carbocycles. The van der Waals surface area contributed by atoms with Crippen LogP contribution in [-0.4, -0.2) is 40.6 Å². The average Bonchev–Trinajstić information content (AvgIpc) is 2.90. The lowest BCUT2D eigenvalue weighted by Crippen LogP contribution is -2.39. The first kappa shape index (κ1) is 19.4. The van der Waals surface area contributed by atoms with Gasteiger partial charge in [0.2, 0.25) is 0 Å². The summed E-state index contributed by atoms with van der Waals surface area (Å²) in [7, 11) is 1.82. The smallest absolute Gasteiger partial charge is 0.317 e. The maximum absolute atomic E-state index is 12.3. The van der Waals surface area contributed by atoms with Crippen molar-refractivity contribution in [3.05, 3.63) is 47.3 Å². The molecule has 0 radical (unpaired) electrons. The summed E-state index contributed by atoms with van der Waals surface area (Å²) in [5, 5.41) is 7.49. The number of carbonyl (C=O) groups excluding carboxylic acids is 1. The van der Waals surface area contributed by atoms with Gasteiger partial charge in [0.25, 0.3) is 0 Å². The van der Waals surface area contributed by atoms with E-state index in [2.05, 4.69) is 60.9 Å².